The molecule has 0 aliphatic carbocycles. The predicted molar refractivity (Wildman–Crippen MR) is 98.7 cm³/mol. The van der Waals surface area contributed by atoms with E-state index in [9.17, 15) is 0 Å². The van der Waals surface area contributed by atoms with Gasteiger partial charge < -0.3 is 0 Å². The van der Waals surface area contributed by atoms with Crippen molar-refractivity contribution in [1.82, 2.24) is 0 Å². The van der Waals surface area contributed by atoms with E-state index in [1.54, 1.807) is 0 Å². The van der Waals surface area contributed by atoms with E-state index in [2.05, 4.69) is 69.6 Å². The summed E-state index contributed by atoms with van der Waals surface area (Å²) in [5, 5.41) is 1.47. The Morgan fingerprint density at radius 3 is 2.00 bits per heavy atom. The molecule has 0 aliphatic heterocycles. The van der Waals surface area contributed by atoms with Gasteiger partial charge in [0.1, 0.15) is 0 Å². The zero-order valence-electron chi connectivity index (χ0n) is 13.5. The van der Waals surface area contributed by atoms with E-state index in [-0.39, 0.29) is 0 Å². The highest BCUT2D eigenvalue weighted by molar-refractivity contribution is 7.57. The fraction of sp³-hybridized carbons (Fsp3) is 0.562. The third kappa shape index (κ3) is 7.24. The molecule has 106 valence electrons. The molecule has 0 aromatic heterocycles. The highest BCUT2D eigenvalue weighted by Crippen LogP contribution is 2.20. The number of hydrogen-bond acceptors (Lipinski definition) is 0. The van der Waals surface area contributed by atoms with Crippen LogP contribution in [0.25, 0.3) is 0 Å². The van der Waals surface area contributed by atoms with Crippen LogP contribution in [-0.4, -0.2) is 21.1 Å². The van der Waals surface area contributed by atoms with Crippen molar-refractivity contribution in [2.45, 2.75) is 58.2 Å². The van der Waals surface area contributed by atoms with Crippen LogP contribution in [0.1, 0.15) is 12.8 Å². The van der Waals surface area contributed by atoms with Gasteiger partial charge in [-0.2, -0.15) is 0 Å². The van der Waals surface area contributed by atoms with E-state index in [0.717, 1.165) is 0 Å². The molecule has 0 fully saturated rings. The molecule has 1 aromatic carbocycles. The molecule has 1 aromatic rings. The maximum absolute atomic E-state index is 2.49. The molecule has 0 N–H and O–H groups in total. The van der Waals surface area contributed by atoms with E-state index in [1.165, 1.54) is 32.4 Å². The molecule has 3 heteroatoms. The third-order valence-corrected chi connectivity index (χ3v) is 10.5. The Morgan fingerprint density at radius 2 is 1.53 bits per heavy atom. The maximum Gasteiger partial charge on any atom is 0.0783 e. The molecule has 0 radical (unpaired) electrons. The summed E-state index contributed by atoms with van der Waals surface area (Å²) in [7, 11) is -0.535. The van der Waals surface area contributed by atoms with E-state index in [1.807, 2.05) is 4.92 Å². The average Bonchev–Trinajstić information content (AvgIpc) is 2.26. The summed E-state index contributed by atoms with van der Waals surface area (Å²) < 4.78 is 0. The van der Waals surface area contributed by atoms with Gasteiger partial charge in [0.2, 0.25) is 0 Å². The molecule has 0 saturated carbocycles. The van der Waals surface area contributed by atoms with Crippen LogP contribution in [0.2, 0.25) is 45.3 Å². The quantitative estimate of drug-likeness (QED) is 0.486. The second kappa shape index (κ2) is 7.01. The minimum atomic E-state index is -1.15. The second-order valence-electron chi connectivity index (χ2n) is 7.56. The standard InChI is InChI=1S/C16H29PSi2/c1-18(2,3)14-10-13-16(19(4,5)6)17-15-11-8-7-9-12-15/h7-9,11-12H,10,13-14H2,1-6H3. The van der Waals surface area contributed by atoms with Gasteiger partial charge in [0, 0.05) is 13.4 Å². The molecule has 0 spiro atoms. The predicted octanol–water partition coefficient (Wildman–Crippen LogP) is 5.43. The SMILES string of the molecule is C[Si](C)(C)CCCC(=Pc1ccccc1)[Si](C)(C)C. The fourth-order valence-corrected chi connectivity index (χ4v) is 6.84. The number of hydrogen-bond donors (Lipinski definition) is 0. The number of benzene rings is 1. The summed E-state index contributed by atoms with van der Waals surface area (Å²) >= 11 is 0. The zero-order valence-corrected chi connectivity index (χ0v) is 16.3. The van der Waals surface area contributed by atoms with Crippen molar-refractivity contribution in [2.75, 3.05) is 0 Å². The van der Waals surface area contributed by atoms with Gasteiger partial charge in [-0.15, -0.1) is 0 Å². The normalized spacial score (nSPS) is 13.7. The Bertz CT molecular complexity index is 411. The van der Waals surface area contributed by atoms with Gasteiger partial charge in [0.25, 0.3) is 0 Å². The van der Waals surface area contributed by atoms with Gasteiger partial charge in [-0.25, -0.2) is 0 Å². The highest BCUT2D eigenvalue weighted by atomic mass is 31.1. The molecular formula is C16H29PSi2. The molecule has 0 bridgehead atoms. The van der Waals surface area contributed by atoms with Gasteiger partial charge in [-0.05, 0) is 6.42 Å². The van der Waals surface area contributed by atoms with Crippen LogP contribution in [0.5, 0.6) is 0 Å². The van der Waals surface area contributed by atoms with Crippen LogP contribution in [0.3, 0.4) is 0 Å². The lowest BCUT2D eigenvalue weighted by atomic mass is 10.4. The Morgan fingerprint density at radius 1 is 0.947 bits per heavy atom. The minimum absolute atomic E-state index is 0.876. The molecule has 0 atom stereocenters. The smallest absolute Gasteiger partial charge is 0.0738 e. The molecule has 0 nitrogen and oxygen atoms in total. The van der Waals surface area contributed by atoms with Crippen molar-refractivity contribution in [2.24, 2.45) is 0 Å². The van der Waals surface area contributed by atoms with Gasteiger partial charge >= 0.3 is 0 Å². The van der Waals surface area contributed by atoms with Crippen LogP contribution in [0.15, 0.2) is 30.3 Å². The van der Waals surface area contributed by atoms with E-state index in [4.69, 9.17) is 0 Å². The first-order valence-corrected chi connectivity index (χ1v) is 15.4. The second-order valence-corrected chi connectivity index (χ2v) is 20.0. The van der Waals surface area contributed by atoms with Gasteiger partial charge in [0.15, 0.2) is 0 Å². The Labute approximate surface area is 123 Å². The van der Waals surface area contributed by atoms with Crippen LogP contribution >= 0.6 is 8.20 Å². The monoisotopic (exact) mass is 308 g/mol. The van der Waals surface area contributed by atoms with Crippen molar-refractivity contribution in [3.8, 4) is 0 Å². The van der Waals surface area contributed by atoms with E-state index >= 15 is 0 Å². The Hall–Kier alpha value is -0.176. The van der Waals surface area contributed by atoms with E-state index in [0.29, 0.717) is 0 Å². The molecule has 0 heterocycles. The summed E-state index contributed by atoms with van der Waals surface area (Å²) in [6.45, 7) is 14.9. The zero-order chi connectivity index (χ0) is 14.5. The summed E-state index contributed by atoms with van der Waals surface area (Å²) in [6, 6.07) is 12.4. The van der Waals surface area contributed by atoms with Crippen molar-refractivity contribution in [3.63, 3.8) is 0 Å². The molecule has 0 amide bonds. The topological polar surface area (TPSA) is 0 Å². The minimum Gasteiger partial charge on any atom is -0.0738 e. The maximum atomic E-state index is 2.49. The van der Waals surface area contributed by atoms with Gasteiger partial charge in [-0.1, -0.05) is 95.2 Å². The van der Waals surface area contributed by atoms with Crippen LogP contribution < -0.4 is 5.30 Å². The summed E-state index contributed by atoms with van der Waals surface area (Å²) in [4.78, 5) is 1.82. The molecule has 1 rings (SSSR count). The summed E-state index contributed by atoms with van der Waals surface area (Å²) in [5.41, 5.74) is 0. The first-order valence-electron chi connectivity index (χ1n) is 7.32. The Kier molecular flexibility index (Phi) is 6.23. The van der Waals surface area contributed by atoms with Gasteiger partial charge in [-0.3, -0.25) is 0 Å². The van der Waals surface area contributed by atoms with Gasteiger partial charge in [0.05, 0.1) is 8.07 Å². The molecule has 0 saturated heterocycles. The lowest BCUT2D eigenvalue weighted by Gasteiger charge is -2.22. The largest absolute Gasteiger partial charge is 0.0783 e. The van der Waals surface area contributed by atoms with Crippen LogP contribution in [0, 0.1) is 0 Å². The lowest BCUT2D eigenvalue weighted by molar-refractivity contribution is 0.979. The molecule has 0 aliphatic rings. The van der Waals surface area contributed by atoms with Crippen molar-refractivity contribution >= 4 is 34.6 Å². The van der Waals surface area contributed by atoms with E-state index < -0.39 is 16.1 Å². The number of rotatable bonds is 6. The van der Waals surface area contributed by atoms with Crippen LogP contribution in [0.4, 0.5) is 0 Å². The molecular weight excluding hydrogens is 279 g/mol. The molecule has 0 unspecified atom stereocenters. The van der Waals surface area contributed by atoms with Crippen molar-refractivity contribution in [3.05, 3.63) is 30.3 Å². The molecule has 19 heavy (non-hydrogen) atoms. The summed E-state index contributed by atoms with van der Waals surface area (Å²) in [5.74, 6) is 0. The summed E-state index contributed by atoms with van der Waals surface area (Å²) in [6.07, 6.45) is 2.74. The third-order valence-electron chi connectivity index (χ3n) is 3.23. The van der Waals surface area contributed by atoms with Crippen LogP contribution in [-0.2, 0) is 0 Å². The lowest BCUT2D eigenvalue weighted by Crippen LogP contribution is -2.33. The Balaban J connectivity index is 2.77. The average molecular weight is 309 g/mol. The van der Waals surface area contributed by atoms with Crippen molar-refractivity contribution in [1.29, 1.82) is 0 Å². The fourth-order valence-electron chi connectivity index (χ4n) is 2.04. The first kappa shape index (κ1) is 16.9. The van der Waals surface area contributed by atoms with Crippen molar-refractivity contribution < 1.29 is 0 Å². The first-order chi connectivity index (χ1) is 8.68. The highest BCUT2D eigenvalue weighted by Gasteiger charge is 2.21.